The van der Waals surface area contributed by atoms with Crippen molar-refractivity contribution in [2.24, 2.45) is 5.92 Å². The Balaban J connectivity index is 2.08. The Morgan fingerprint density at radius 2 is 2.18 bits per heavy atom. The van der Waals surface area contributed by atoms with Gasteiger partial charge in [0, 0.05) is 20.1 Å². The maximum atomic E-state index is 5.21. The van der Waals surface area contributed by atoms with Crippen LogP contribution in [0.1, 0.15) is 19.8 Å². The van der Waals surface area contributed by atoms with Crippen molar-refractivity contribution in [3.63, 3.8) is 0 Å². The number of hydrogen-bond acceptors (Lipinski definition) is 2. The third kappa shape index (κ3) is 3.29. The summed E-state index contributed by atoms with van der Waals surface area (Å²) in [6, 6.07) is 0. The Hall–Kier alpha value is -0.680. The summed E-state index contributed by atoms with van der Waals surface area (Å²) in [5, 5.41) is 0. The van der Waals surface area contributed by atoms with Gasteiger partial charge in [0.2, 0.25) is 0 Å². The molecule has 1 aliphatic heterocycles. The molecule has 0 aliphatic carbocycles. The van der Waals surface area contributed by atoms with Crippen LogP contribution in [0.4, 0.5) is 0 Å². The molecule has 0 saturated carbocycles. The lowest BCUT2D eigenvalue weighted by Crippen LogP contribution is -2.19. The number of ether oxygens (including phenoxy) is 2. The van der Waals surface area contributed by atoms with Crippen molar-refractivity contribution < 1.29 is 9.47 Å². The van der Waals surface area contributed by atoms with Gasteiger partial charge in [-0.2, -0.15) is 0 Å². The second-order valence-corrected chi connectivity index (χ2v) is 2.72. The molecule has 0 aromatic carbocycles. The van der Waals surface area contributed by atoms with Gasteiger partial charge in [0.25, 0.3) is 0 Å². The first-order valence-electron chi connectivity index (χ1n) is 4.04. The lowest BCUT2D eigenvalue weighted by atomic mass is 10.0. The van der Waals surface area contributed by atoms with Gasteiger partial charge in [-0.1, -0.05) is 5.92 Å². The molecular weight excluding hydrogens is 140 g/mol. The SMILES string of the molecule is CC#COCC1CCOCC1. The highest BCUT2D eigenvalue weighted by Crippen LogP contribution is 2.14. The molecule has 1 fully saturated rings. The summed E-state index contributed by atoms with van der Waals surface area (Å²) in [7, 11) is 0. The molecule has 0 spiro atoms. The molecular formula is C9H14O2. The van der Waals surface area contributed by atoms with Crippen LogP contribution in [-0.2, 0) is 9.47 Å². The Morgan fingerprint density at radius 1 is 1.45 bits per heavy atom. The first-order valence-corrected chi connectivity index (χ1v) is 4.04. The number of rotatable bonds is 2. The van der Waals surface area contributed by atoms with Crippen LogP contribution >= 0.6 is 0 Å². The molecule has 0 unspecified atom stereocenters. The summed E-state index contributed by atoms with van der Waals surface area (Å²) in [6.07, 6.45) is 4.84. The number of hydrogen-bond donors (Lipinski definition) is 0. The average molecular weight is 154 g/mol. The van der Waals surface area contributed by atoms with Crippen LogP contribution in [0.15, 0.2) is 0 Å². The van der Waals surface area contributed by atoms with E-state index in [9.17, 15) is 0 Å². The van der Waals surface area contributed by atoms with Gasteiger partial charge < -0.3 is 9.47 Å². The van der Waals surface area contributed by atoms with E-state index < -0.39 is 0 Å². The Kier molecular flexibility index (Phi) is 3.85. The van der Waals surface area contributed by atoms with Gasteiger partial charge in [-0.05, 0) is 18.8 Å². The van der Waals surface area contributed by atoms with Gasteiger partial charge >= 0.3 is 0 Å². The summed E-state index contributed by atoms with van der Waals surface area (Å²) in [4.78, 5) is 0. The molecule has 0 aromatic heterocycles. The molecule has 11 heavy (non-hydrogen) atoms. The van der Waals surface area contributed by atoms with Gasteiger partial charge in [0.05, 0.1) is 0 Å². The Morgan fingerprint density at radius 3 is 2.82 bits per heavy atom. The van der Waals surface area contributed by atoms with E-state index in [0.717, 1.165) is 32.7 Å². The van der Waals surface area contributed by atoms with E-state index >= 15 is 0 Å². The predicted octanol–water partition coefficient (Wildman–Crippen LogP) is 1.41. The normalized spacial score (nSPS) is 18.6. The molecule has 0 atom stereocenters. The minimum Gasteiger partial charge on any atom is -0.446 e. The quantitative estimate of drug-likeness (QED) is 0.560. The van der Waals surface area contributed by atoms with Gasteiger partial charge in [-0.3, -0.25) is 0 Å². The zero-order valence-corrected chi connectivity index (χ0v) is 6.93. The molecule has 2 nitrogen and oxygen atoms in total. The minimum atomic E-state index is 0.657. The minimum absolute atomic E-state index is 0.657. The second kappa shape index (κ2) is 5.03. The summed E-state index contributed by atoms with van der Waals surface area (Å²) in [6.45, 7) is 4.31. The highest BCUT2D eigenvalue weighted by Gasteiger charge is 2.13. The monoisotopic (exact) mass is 154 g/mol. The van der Waals surface area contributed by atoms with Gasteiger partial charge in [-0.25, -0.2) is 0 Å². The summed E-state index contributed by atoms with van der Waals surface area (Å²) in [5.41, 5.74) is 0. The van der Waals surface area contributed by atoms with Crippen LogP contribution in [0.2, 0.25) is 0 Å². The van der Waals surface area contributed by atoms with Crippen molar-refractivity contribution in [1.29, 1.82) is 0 Å². The first kappa shape index (κ1) is 8.42. The van der Waals surface area contributed by atoms with E-state index in [1.165, 1.54) is 0 Å². The Labute approximate surface area is 67.9 Å². The molecule has 1 heterocycles. The molecule has 0 amide bonds. The molecule has 1 rings (SSSR count). The summed E-state index contributed by atoms with van der Waals surface area (Å²) < 4.78 is 10.3. The van der Waals surface area contributed by atoms with Crippen molar-refractivity contribution in [1.82, 2.24) is 0 Å². The molecule has 1 saturated heterocycles. The highest BCUT2D eigenvalue weighted by molar-refractivity contribution is 4.85. The third-order valence-electron chi connectivity index (χ3n) is 1.83. The second-order valence-electron chi connectivity index (χ2n) is 2.72. The molecule has 0 aromatic rings. The molecule has 0 radical (unpaired) electrons. The van der Waals surface area contributed by atoms with Crippen molar-refractivity contribution in [2.75, 3.05) is 19.8 Å². The van der Waals surface area contributed by atoms with Crippen LogP contribution in [0.25, 0.3) is 0 Å². The lowest BCUT2D eigenvalue weighted by Gasteiger charge is -2.20. The summed E-state index contributed by atoms with van der Waals surface area (Å²) >= 11 is 0. The van der Waals surface area contributed by atoms with Crippen molar-refractivity contribution in [3.05, 3.63) is 0 Å². The maximum absolute atomic E-state index is 5.21. The largest absolute Gasteiger partial charge is 0.446 e. The maximum Gasteiger partial charge on any atom is 0.109 e. The average Bonchev–Trinajstić information content (AvgIpc) is 2.07. The van der Waals surface area contributed by atoms with E-state index in [1.807, 2.05) is 0 Å². The van der Waals surface area contributed by atoms with Crippen LogP contribution < -0.4 is 0 Å². The van der Waals surface area contributed by atoms with Crippen LogP contribution in [-0.4, -0.2) is 19.8 Å². The molecule has 0 N–H and O–H groups in total. The van der Waals surface area contributed by atoms with Crippen molar-refractivity contribution in [3.8, 4) is 12.0 Å². The van der Waals surface area contributed by atoms with Gasteiger partial charge in [0.1, 0.15) is 12.7 Å². The first-order chi connectivity index (χ1) is 5.43. The van der Waals surface area contributed by atoms with Gasteiger partial charge in [0.15, 0.2) is 0 Å². The van der Waals surface area contributed by atoms with Crippen molar-refractivity contribution >= 4 is 0 Å². The van der Waals surface area contributed by atoms with E-state index in [2.05, 4.69) is 12.0 Å². The molecule has 62 valence electrons. The predicted molar refractivity (Wildman–Crippen MR) is 42.9 cm³/mol. The standard InChI is InChI=1S/C9H14O2/c1-2-5-11-8-9-3-6-10-7-4-9/h9H,3-4,6-8H2,1H3. The van der Waals surface area contributed by atoms with Gasteiger partial charge in [-0.15, -0.1) is 0 Å². The fourth-order valence-electron chi connectivity index (χ4n) is 1.14. The Bertz CT molecular complexity index is 149. The van der Waals surface area contributed by atoms with E-state index in [4.69, 9.17) is 9.47 Å². The summed E-state index contributed by atoms with van der Waals surface area (Å²) in [5.74, 6) is 3.36. The van der Waals surface area contributed by atoms with E-state index in [1.54, 1.807) is 6.92 Å². The fraction of sp³-hybridized carbons (Fsp3) is 0.778. The molecule has 0 bridgehead atoms. The van der Waals surface area contributed by atoms with Crippen LogP contribution in [0, 0.1) is 17.9 Å². The van der Waals surface area contributed by atoms with E-state index in [-0.39, 0.29) is 0 Å². The zero-order valence-electron chi connectivity index (χ0n) is 6.93. The lowest BCUT2D eigenvalue weighted by molar-refractivity contribution is 0.0451. The van der Waals surface area contributed by atoms with E-state index in [0.29, 0.717) is 5.92 Å². The fourth-order valence-corrected chi connectivity index (χ4v) is 1.14. The van der Waals surface area contributed by atoms with Crippen LogP contribution in [0.5, 0.6) is 0 Å². The third-order valence-corrected chi connectivity index (χ3v) is 1.83. The topological polar surface area (TPSA) is 18.5 Å². The van der Waals surface area contributed by atoms with Crippen molar-refractivity contribution in [2.45, 2.75) is 19.8 Å². The molecule has 1 aliphatic rings. The van der Waals surface area contributed by atoms with Crippen LogP contribution in [0.3, 0.4) is 0 Å². The highest BCUT2D eigenvalue weighted by atomic mass is 16.5. The smallest absolute Gasteiger partial charge is 0.109 e. The molecule has 2 heteroatoms. The zero-order chi connectivity index (χ0) is 7.94.